The number of nitriles is 1. The van der Waals surface area contributed by atoms with Gasteiger partial charge in [0.2, 0.25) is 0 Å². The molecule has 4 aromatic carbocycles. The number of thiocarbonyl (C=S) groups is 3. The van der Waals surface area contributed by atoms with E-state index >= 15 is 0 Å². The molecule has 7 aliphatic heterocycles. The summed E-state index contributed by atoms with van der Waals surface area (Å²) in [6.07, 6.45) is 38.7. The molecule has 22 amide bonds. The minimum Gasteiger partial charge on any atom is -0.465 e. The van der Waals surface area contributed by atoms with Crippen molar-refractivity contribution in [2.75, 3.05) is 51.1 Å². The van der Waals surface area contributed by atoms with Crippen LogP contribution in [0, 0.1) is 17.1 Å². The third-order valence-corrected chi connectivity index (χ3v) is 18.7. The Labute approximate surface area is 795 Å². The van der Waals surface area contributed by atoms with Crippen molar-refractivity contribution in [2.24, 2.45) is 0 Å². The van der Waals surface area contributed by atoms with Crippen molar-refractivity contribution in [3.8, 4) is 6.07 Å². The summed E-state index contributed by atoms with van der Waals surface area (Å²) in [5.41, 5.74) is 6.47. The monoisotopic (exact) mass is 1910 g/mol. The van der Waals surface area contributed by atoms with E-state index in [1.165, 1.54) is 90.3 Å². The molecule has 3 aromatic heterocycles. The van der Waals surface area contributed by atoms with E-state index in [0.29, 0.717) is 29.2 Å². The molecule has 7 saturated heterocycles. The van der Waals surface area contributed by atoms with Crippen LogP contribution in [-0.2, 0) is 67.1 Å². The minimum absolute atomic E-state index is 0.00130. The van der Waals surface area contributed by atoms with E-state index in [1.54, 1.807) is 154 Å². The van der Waals surface area contributed by atoms with E-state index in [1.807, 2.05) is 137 Å². The van der Waals surface area contributed by atoms with Gasteiger partial charge in [0.15, 0.2) is 15.3 Å². The van der Waals surface area contributed by atoms with Crippen LogP contribution < -0.4 is 73.6 Å². The van der Waals surface area contributed by atoms with Crippen LogP contribution in [0.15, 0.2) is 291 Å². The molecule has 7 aliphatic rings. The van der Waals surface area contributed by atoms with Crippen molar-refractivity contribution in [3.63, 3.8) is 0 Å². The Morgan fingerprint density at radius 3 is 1.12 bits per heavy atom. The summed E-state index contributed by atoms with van der Waals surface area (Å²) in [4.78, 5) is 216. The number of urea groups is 4. The number of halogens is 1. The molecule has 38 nitrogen and oxygen atoms in total. The van der Waals surface area contributed by atoms with Gasteiger partial charge in [-0.15, -0.1) is 0 Å². The van der Waals surface area contributed by atoms with Crippen LogP contribution >= 0.6 is 36.7 Å². The molecule has 0 atom stereocenters. The van der Waals surface area contributed by atoms with Crippen LogP contribution in [0.25, 0.3) is 42.5 Å². The number of likely N-dealkylation sites (N-methyl/N-ethyl adjacent to an activating group) is 2. The third-order valence-electron chi connectivity index (χ3n) is 18.0. The topological polar surface area (TPSA) is 528 Å². The number of nitrogens with zero attached hydrogens (tertiary/aromatic N) is 6. The molecule has 696 valence electrons. The van der Waals surface area contributed by atoms with E-state index < -0.39 is 107 Å². The fourth-order valence-electron chi connectivity index (χ4n) is 11.3. The fraction of sp³-hybridized carbons (Fsp3) is 0.0842. The van der Waals surface area contributed by atoms with Gasteiger partial charge in [-0.3, -0.25) is 146 Å². The Bertz CT molecular complexity index is 6380. The predicted molar refractivity (Wildman–Crippen MR) is 512 cm³/mol. The Balaban J connectivity index is 0.000000196. The lowest BCUT2D eigenvalue weighted by atomic mass is 10.1. The summed E-state index contributed by atoms with van der Waals surface area (Å²) in [5.74, 6) is -7.65. The molecule has 0 radical (unpaired) electrons. The quantitative estimate of drug-likeness (QED) is 0.0223. The number of nitrogens with one attached hydrogen (secondary N) is 12. The van der Waals surface area contributed by atoms with Crippen LogP contribution in [0.5, 0.6) is 0 Å². The van der Waals surface area contributed by atoms with Gasteiger partial charge in [0.1, 0.15) is 56.3 Å². The standard InChI is InChI=1S/C15H13FN2O2S.C15H15N3O3.C15H15N3O2S.C14H9N3O3.C13H12N2O4.C12H9N3O3.C11H8N2O3S/c1-2-18-14(20)12(13(19)17-15(18)21)8-4-6-10-5-3-7-11(16)9-10;1-18(2)11-8-6-10(7-9-11)4-3-5-12-13(19)16-15(21)17-14(12)20;1-18(2)12-9-4-3-6-10(12)7-5-8-11-13(19)16-15(21)17-14(11)20;15-8-10-6-4-9(5-7-10)2-1-3-11-12(18)16-14(20)17-13(11)19;1-2-15-12(17)10(11(16)14-13(15)18)7-3-5-9-6-4-8-19-9;16-10-9(11(17)15-12(18)14-10)5-1-3-8-4-2-6-13-7-8;14-9-8(10(15)13-11(17)12-9)5-1-3-7-4-2-6-16-7/h3-9H,2H2,1H3,(H,17,19,21);2*3-9H,1-2H3,(H2,16,17,19,20,21);1-7H,(H2,16,17,18,19,20);3-8H,2H2,1H3,(H,14,16,18);1-7H,(H2,14,15,16,17,18);1-6H,(H2,12,13,14,15,17)/b6-4+,12-8+;4-3+;7-5+;2-1+;5-3+,10-7+;2*3-1+. The van der Waals surface area contributed by atoms with Crippen LogP contribution in [-0.4, -0.2) is 178 Å². The van der Waals surface area contributed by atoms with Crippen LogP contribution in [0.4, 0.5) is 34.9 Å². The van der Waals surface area contributed by atoms with Gasteiger partial charge in [-0.1, -0.05) is 134 Å². The number of furan rings is 2. The highest BCUT2D eigenvalue weighted by Crippen LogP contribution is 2.22. The number of amides is 22. The number of para-hydroxylation sites is 1. The molecule has 10 heterocycles. The maximum absolute atomic E-state index is 13.0. The molecule has 0 spiro atoms. The lowest BCUT2D eigenvalue weighted by Crippen LogP contribution is -2.53. The average Bonchev–Trinajstić information content (AvgIpc) is 1.17. The maximum atomic E-state index is 13.0. The van der Waals surface area contributed by atoms with Crippen molar-refractivity contribution >= 4 is 213 Å². The molecular weight excluding hydrogens is 1830 g/mol. The van der Waals surface area contributed by atoms with Crippen molar-refractivity contribution in [3.05, 3.63) is 333 Å². The lowest BCUT2D eigenvalue weighted by Gasteiger charge is -2.27. The zero-order chi connectivity index (χ0) is 99.8. The summed E-state index contributed by atoms with van der Waals surface area (Å²) in [6.45, 7) is 4.01. The first kappa shape index (κ1) is 104. The second kappa shape index (κ2) is 51.8. The van der Waals surface area contributed by atoms with Gasteiger partial charge in [-0.2, -0.15) is 5.26 Å². The number of pyridine rings is 1. The van der Waals surface area contributed by atoms with Crippen molar-refractivity contribution in [1.29, 1.82) is 5.26 Å². The number of aromatic nitrogens is 1. The van der Waals surface area contributed by atoms with Gasteiger partial charge in [0.25, 0.3) is 82.7 Å². The van der Waals surface area contributed by atoms with E-state index in [-0.39, 0.29) is 66.7 Å². The van der Waals surface area contributed by atoms with Crippen molar-refractivity contribution in [1.82, 2.24) is 78.6 Å². The molecule has 7 fully saturated rings. The van der Waals surface area contributed by atoms with E-state index in [9.17, 15) is 90.7 Å². The smallest absolute Gasteiger partial charge is 0.331 e. The highest BCUT2D eigenvalue weighted by molar-refractivity contribution is 7.80. The second-order valence-corrected chi connectivity index (χ2v) is 29.1. The first-order chi connectivity index (χ1) is 65.5. The van der Waals surface area contributed by atoms with Gasteiger partial charge < -0.3 is 18.6 Å². The molecule has 12 N–H and O–H groups in total. The third kappa shape index (κ3) is 32.2. The number of rotatable bonds is 18. The number of hydrogen-bond donors (Lipinski definition) is 12. The summed E-state index contributed by atoms with van der Waals surface area (Å²) < 4.78 is 23.2. The predicted octanol–water partition coefficient (Wildman–Crippen LogP) is 7.63. The van der Waals surface area contributed by atoms with Crippen LogP contribution in [0.2, 0.25) is 0 Å². The van der Waals surface area contributed by atoms with Gasteiger partial charge in [-0.25, -0.2) is 23.6 Å². The van der Waals surface area contributed by atoms with E-state index in [2.05, 4.69) is 49.1 Å². The molecule has 0 bridgehead atoms. The Hall–Kier alpha value is -18.5. The molecule has 137 heavy (non-hydrogen) atoms. The van der Waals surface area contributed by atoms with E-state index in [0.717, 1.165) is 38.5 Å². The Kier molecular flexibility index (Phi) is 39.3. The summed E-state index contributed by atoms with van der Waals surface area (Å²) >= 11 is 14.3. The maximum Gasteiger partial charge on any atom is 0.331 e. The van der Waals surface area contributed by atoms with Crippen molar-refractivity contribution < 1.29 is 99.5 Å². The molecular formula is C95H81FN18O20S3. The lowest BCUT2D eigenvalue weighted by molar-refractivity contribution is -0.131. The number of benzene rings is 4. The summed E-state index contributed by atoms with van der Waals surface area (Å²) in [5, 5.41) is 34.8. The van der Waals surface area contributed by atoms with Crippen LogP contribution in [0.3, 0.4) is 0 Å². The first-order valence-corrected chi connectivity index (χ1v) is 41.4. The number of allylic oxidation sites excluding steroid dienone is 14. The normalized spacial score (nSPS) is 16.0. The highest BCUT2D eigenvalue weighted by atomic mass is 32.1. The molecule has 14 rings (SSSR count). The zero-order valence-corrected chi connectivity index (χ0v) is 75.5. The first-order valence-electron chi connectivity index (χ1n) is 40.2. The molecule has 0 saturated carbocycles. The summed E-state index contributed by atoms with van der Waals surface area (Å²) in [6, 6.07) is 37.8. The van der Waals surface area contributed by atoms with E-state index in [4.69, 9.17) is 38.5 Å². The minimum atomic E-state index is -0.826. The number of barbiturate groups is 4. The zero-order valence-electron chi connectivity index (χ0n) is 73.0. The van der Waals surface area contributed by atoms with Gasteiger partial charge >= 0.3 is 24.1 Å². The Morgan fingerprint density at radius 1 is 0.372 bits per heavy atom. The second-order valence-electron chi connectivity index (χ2n) is 27.9. The summed E-state index contributed by atoms with van der Waals surface area (Å²) in [7, 11) is 7.82. The molecule has 7 aromatic rings. The molecule has 0 unspecified atom stereocenters. The number of anilines is 2. The number of hydrogen-bond acceptors (Lipinski definition) is 27. The fourth-order valence-corrected chi connectivity index (χ4v) is 12.0. The highest BCUT2D eigenvalue weighted by Gasteiger charge is 2.36. The molecule has 42 heteroatoms. The number of carbonyl (C=O) groups excluding carboxylic acids is 18. The number of imide groups is 8. The largest absolute Gasteiger partial charge is 0.465 e. The number of carbonyl (C=O) groups is 18. The van der Waals surface area contributed by atoms with Crippen molar-refractivity contribution in [2.45, 2.75) is 13.8 Å². The van der Waals surface area contributed by atoms with Gasteiger partial charge in [-0.05, 0) is 206 Å². The van der Waals surface area contributed by atoms with Crippen LogP contribution in [0.1, 0.15) is 58.7 Å². The Morgan fingerprint density at radius 2 is 0.737 bits per heavy atom. The molecule has 0 aliphatic carbocycles. The SMILES string of the molecule is CCN1C(=O)/C(=C/C=C/c2cccc(F)c2)C(=O)NC1=S.CCN1C(=O)NC(=O)/C(=C\C=C\c2ccco2)C1=O.CN(C)c1ccc(/C=C/C=C2C(=O)NC(=O)NC2=O)cc1.CN(C)c1ccccc1/C=C/C=C1C(=O)NC(=S)NC1=O.N#Cc1ccc(/C=C/C=C2C(=O)NC(=O)NC2=O)cc1.O=C1NC(=O)C(=C/C=C/c2cccnc2)C(=O)N1.O=C1NC(=S)NC(=O)C1=C/C=C/c1ccco1. The average molecular weight is 1910 g/mol. The van der Waals surface area contributed by atoms with Gasteiger partial charge in [0, 0.05) is 65.0 Å². The van der Waals surface area contributed by atoms with Gasteiger partial charge in [0.05, 0.1) is 24.2 Å².